The van der Waals surface area contributed by atoms with E-state index < -0.39 is 0 Å². The van der Waals surface area contributed by atoms with Crippen LogP contribution in [0.1, 0.15) is 12.5 Å². The first-order valence-corrected chi connectivity index (χ1v) is 6.43. The Kier molecular flexibility index (Phi) is 4.20. The maximum Gasteiger partial charge on any atom is 0.146 e. The zero-order chi connectivity index (χ0) is 14.5. The number of phenols is 1. The highest BCUT2D eigenvalue weighted by Gasteiger charge is 2.06. The summed E-state index contributed by atoms with van der Waals surface area (Å²) >= 11 is 0. The van der Waals surface area contributed by atoms with Crippen LogP contribution in [0.25, 0.3) is 0 Å². The van der Waals surface area contributed by atoms with Gasteiger partial charge in [0.25, 0.3) is 0 Å². The minimum absolute atomic E-state index is 0.169. The van der Waals surface area contributed by atoms with Gasteiger partial charge in [-0.25, -0.2) is 0 Å². The molecule has 2 aromatic carbocycles. The summed E-state index contributed by atoms with van der Waals surface area (Å²) in [6.45, 7) is 2.95. The molecule has 0 bridgehead atoms. The molecule has 5 heteroatoms. The number of rotatable bonds is 5. The van der Waals surface area contributed by atoms with Gasteiger partial charge < -0.3 is 26.6 Å². The lowest BCUT2D eigenvalue weighted by molar-refractivity contribution is 0.339. The second-order valence-electron chi connectivity index (χ2n) is 4.43. The molecule has 5 nitrogen and oxygen atoms in total. The molecule has 0 aromatic heterocycles. The Morgan fingerprint density at radius 1 is 1.15 bits per heavy atom. The van der Waals surface area contributed by atoms with Crippen molar-refractivity contribution in [2.24, 2.45) is 0 Å². The van der Waals surface area contributed by atoms with E-state index >= 15 is 0 Å². The molecule has 0 saturated carbocycles. The second-order valence-corrected chi connectivity index (χ2v) is 4.43. The molecule has 0 aliphatic rings. The molecule has 0 atom stereocenters. The number of ether oxygens (including phenoxy) is 1. The zero-order valence-electron chi connectivity index (χ0n) is 11.4. The molecule has 0 unspecified atom stereocenters. The summed E-state index contributed by atoms with van der Waals surface area (Å²) in [6.07, 6.45) is 0. The summed E-state index contributed by atoms with van der Waals surface area (Å²) in [4.78, 5) is 0. The fourth-order valence-electron chi connectivity index (χ4n) is 1.90. The van der Waals surface area contributed by atoms with Gasteiger partial charge in [0.05, 0.1) is 12.3 Å². The molecule has 0 saturated heterocycles. The number of nitrogens with two attached hydrogens (primary N) is 2. The van der Waals surface area contributed by atoms with Gasteiger partial charge >= 0.3 is 0 Å². The molecule has 0 heterocycles. The molecule has 0 fully saturated rings. The smallest absolute Gasteiger partial charge is 0.146 e. The first-order valence-electron chi connectivity index (χ1n) is 6.43. The van der Waals surface area contributed by atoms with E-state index in [0.717, 1.165) is 11.3 Å². The quantitative estimate of drug-likeness (QED) is 0.496. The van der Waals surface area contributed by atoms with Gasteiger partial charge in [0.1, 0.15) is 11.5 Å². The van der Waals surface area contributed by atoms with E-state index in [1.54, 1.807) is 30.3 Å². The van der Waals surface area contributed by atoms with E-state index in [2.05, 4.69) is 5.32 Å². The summed E-state index contributed by atoms with van der Waals surface area (Å²) in [5.41, 5.74) is 14.7. The molecule has 0 aliphatic carbocycles. The Morgan fingerprint density at radius 2 is 1.95 bits per heavy atom. The van der Waals surface area contributed by atoms with Gasteiger partial charge in [-0.1, -0.05) is 0 Å². The van der Waals surface area contributed by atoms with Crippen LogP contribution < -0.4 is 21.5 Å². The summed E-state index contributed by atoms with van der Waals surface area (Å²) in [7, 11) is 0. The average molecular weight is 273 g/mol. The Hall–Kier alpha value is -2.56. The van der Waals surface area contributed by atoms with Crippen LogP contribution in [0.3, 0.4) is 0 Å². The normalized spacial score (nSPS) is 10.2. The first kappa shape index (κ1) is 13.9. The summed E-state index contributed by atoms with van der Waals surface area (Å²) in [5.74, 6) is 0.775. The number of phenolic OH excluding ortho intramolecular Hbond substituents is 1. The van der Waals surface area contributed by atoms with E-state index in [-0.39, 0.29) is 5.75 Å². The third-order valence-electron chi connectivity index (χ3n) is 2.90. The number of nitrogens with one attached hydrogen (secondary N) is 1. The molecule has 106 valence electrons. The predicted octanol–water partition coefficient (Wildman–Crippen LogP) is 2.57. The van der Waals surface area contributed by atoms with Crippen LogP contribution in [-0.2, 0) is 6.54 Å². The average Bonchev–Trinajstić information content (AvgIpc) is 2.42. The summed E-state index contributed by atoms with van der Waals surface area (Å²) in [6, 6.07) is 10.3. The third kappa shape index (κ3) is 3.26. The molecule has 0 radical (unpaired) electrons. The van der Waals surface area contributed by atoms with E-state index in [4.69, 9.17) is 16.2 Å². The van der Waals surface area contributed by atoms with Crippen molar-refractivity contribution in [2.75, 3.05) is 23.4 Å². The monoisotopic (exact) mass is 273 g/mol. The first-order chi connectivity index (χ1) is 9.60. The number of nitrogen functional groups attached to an aromatic ring is 2. The molecule has 0 spiro atoms. The molecule has 0 amide bonds. The lowest BCUT2D eigenvalue weighted by atomic mass is 10.1. The second kappa shape index (κ2) is 6.06. The number of anilines is 3. The molecule has 2 aromatic rings. The SMILES string of the molecule is CCOc1cc(O)ccc1NCc1cc(N)ccc1N. The van der Waals surface area contributed by atoms with Gasteiger partial charge in [-0.3, -0.25) is 0 Å². The van der Waals surface area contributed by atoms with Crippen LogP contribution >= 0.6 is 0 Å². The van der Waals surface area contributed by atoms with E-state index in [1.165, 1.54) is 0 Å². The highest BCUT2D eigenvalue weighted by atomic mass is 16.5. The topological polar surface area (TPSA) is 93.5 Å². The Bertz CT molecular complexity index is 600. The van der Waals surface area contributed by atoms with E-state index in [0.29, 0.717) is 30.3 Å². The fourth-order valence-corrected chi connectivity index (χ4v) is 1.90. The van der Waals surface area contributed by atoms with Crippen molar-refractivity contribution in [1.29, 1.82) is 0 Å². The molecular formula is C15H19N3O2. The summed E-state index contributed by atoms with van der Waals surface area (Å²) < 4.78 is 5.48. The van der Waals surface area contributed by atoms with Gasteiger partial charge in [0.2, 0.25) is 0 Å². The van der Waals surface area contributed by atoms with Crippen LogP contribution in [0.5, 0.6) is 11.5 Å². The van der Waals surface area contributed by atoms with Gasteiger partial charge in [0, 0.05) is 24.0 Å². The van der Waals surface area contributed by atoms with E-state index in [9.17, 15) is 5.11 Å². The Morgan fingerprint density at radius 3 is 2.70 bits per heavy atom. The van der Waals surface area contributed by atoms with Crippen LogP contribution in [0.15, 0.2) is 36.4 Å². The highest BCUT2D eigenvalue weighted by Crippen LogP contribution is 2.29. The van der Waals surface area contributed by atoms with Crippen LogP contribution in [0, 0.1) is 0 Å². The number of aromatic hydroxyl groups is 1. The minimum atomic E-state index is 0.169. The fraction of sp³-hybridized carbons (Fsp3) is 0.200. The molecule has 20 heavy (non-hydrogen) atoms. The molecule has 6 N–H and O–H groups in total. The van der Waals surface area contributed by atoms with Crippen molar-refractivity contribution in [2.45, 2.75) is 13.5 Å². The maximum absolute atomic E-state index is 9.49. The van der Waals surface area contributed by atoms with Crippen LogP contribution in [0.4, 0.5) is 17.1 Å². The van der Waals surface area contributed by atoms with Crippen molar-refractivity contribution >= 4 is 17.1 Å². The van der Waals surface area contributed by atoms with Gasteiger partial charge in [-0.15, -0.1) is 0 Å². The largest absolute Gasteiger partial charge is 0.508 e. The van der Waals surface area contributed by atoms with Gasteiger partial charge in [-0.05, 0) is 42.8 Å². The maximum atomic E-state index is 9.49. The van der Waals surface area contributed by atoms with Crippen LogP contribution in [0.2, 0.25) is 0 Å². The number of hydrogen-bond acceptors (Lipinski definition) is 5. The number of benzene rings is 2. The van der Waals surface area contributed by atoms with Crippen molar-refractivity contribution in [3.8, 4) is 11.5 Å². The molecule has 0 aliphatic heterocycles. The lowest BCUT2D eigenvalue weighted by Crippen LogP contribution is -2.05. The zero-order valence-corrected chi connectivity index (χ0v) is 11.4. The van der Waals surface area contributed by atoms with Crippen molar-refractivity contribution in [3.05, 3.63) is 42.0 Å². The minimum Gasteiger partial charge on any atom is -0.508 e. The Balaban J connectivity index is 2.16. The number of hydrogen-bond donors (Lipinski definition) is 4. The van der Waals surface area contributed by atoms with Gasteiger partial charge in [-0.2, -0.15) is 0 Å². The highest BCUT2D eigenvalue weighted by molar-refractivity contribution is 5.61. The lowest BCUT2D eigenvalue weighted by Gasteiger charge is -2.14. The standard InChI is InChI=1S/C15H19N3O2/c1-2-20-15-8-12(19)4-6-14(15)18-9-10-7-11(16)3-5-13(10)17/h3-8,18-19H,2,9,16-17H2,1H3. The Labute approximate surface area is 118 Å². The van der Waals surface area contributed by atoms with Gasteiger partial charge in [0.15, 0.2) is 0 Å². The van der Waals surface area contributed by atoms with Crippen LogP contribution in [-0.4, -0.2) is 11.7 Å². The third-order valence-corrected chi connectivity index (χ3v) is 2.90. The van der Waals surface area contributed by atoms with E-state index in [1.807, 2.05) is 13.0 Å². The predicted molar refractivity (Wildman–Crippen MR) is 81.9 cm³/mol. The van der Waals surface area contributed by atoms with Crippen molar-refractivity contribution in [3.63, 3.8) is 0 Å². The van der Waals surface area contributed by atoms with Crippen molar-refractivity contribution in [1.82, 2.24) is 0 Å². The van der Waals surface area contributed by atoms with Crippen molar-refractivity contribution < 1.29 is 9.84 Å². The molecular weight excluding hydrogens is 254 g/mol. The summed E-state index contributed by atoms with van der Waals surface area (Å²) in [5, 5.41) is 12.7. The molecule has 2 rings (SSSR count).